The number of nitrogens with one attached hydrogen (secondary N) is 2. The third kappa shape index (κ3) is 2.77. The van der Waals surface area contributed by atoms with Crippen molar-refractivity contribution in [3.63, 3.8) is 0 Å². The van der Waals surface area contributed by atoms with E-state index < -0.39 is 5.97 Å². The van der Waals surface area contributed by atoms with Gasteiger partial charge in [-0.25, -0.2) is 0 Å². The van der Waals surface area contributed by atoms with Gasteiger partial charge in [-0.3, -0.25) is 9.59 Å². The fraction of sp³-hybridized carbons (Fsp3) is 0.375. The van der Waals surface area contributed by atoms with Gasteiger partial charge in [0.1, 0.15) is 0 Å². The normalized spacial score (nSPS) is 16.8. The fourth-order valence-corrected chi connectivity index (χ4v) is 2.73. The Hall–Kier alpha value is -2.30. The van der Waals surface area contributed by atoms with Crippen molar-refractivity contribution in [1.29, 1.82) is 0 Å². The van der Waals surface area contributed by atoms with Gasteiger partial charge in [0.25, 0.3) is 5.91 Å². The molecule has 1 aromatic heterocycles. The number of hydrogen-bond acceptors (Lipinski definition) is 2. The van der Waals surface area contributed by atoms with Crippen LogP contribution in [0.3, 0.4) is 0 Å². The minimum absolute atomic E-state index is 0.000793. The second-order valence-electron chi connectivity index (χ2n) is 5.31. The molecule has 0 unspecified atom stereocenters. The monoisotopic (exact) mass is 288 g/mol. The maximum absolute atomic E-state index is 11.7. The number of allylic oxidation sites excluding steroid dienone is 1. The number of hydrogen-bond donors (Lipinski definition) is 3. The molecule has 1 aliphatic rings. The minimum atomic E-state index is -0.849. The van der Waals surface area contributed by atoms with Crippen molar-refractivity contribution in [2.45, 2.75) is 40.5 Å². The van der Waals surface area contributed by atoms with Crippen LogP contribution in [0.1, 0.15) is 42.8 Å². The van der Waals surface area contributed by atoms with Crippen LogP contribution in [0, 0.1) is 13.8 Å². The third-order valence-corrected chi connectivity index (χ3v) is 3.97. The molecule has 1 aromatic rings. The number of aryl methyl sites for hydroxylation is 1. The molecule has 0 saturated heterocycles. The van der Waals surface area contributed by atoms with Crippen molar-refractivity contribution in [3.05, 3.63) is 39.4 Å². The van der Waals surface area contributed by atoms with Gasteiger partial charge < -0.3 is 15.4 Å². The van der Waals surface area contributed by atoms with E-state index in [4.69, 9.17) is 5.11 Å². The summed E-state index contributed by atoms with van der Waals surface area (Å²) >= 11 is 0. The van der Waals surface area contributed by atoms with E-state index in [0.717, 1.165) is 45.8 Å². The number of carbonyl (C=O) groups is 2. The molecule has 2 heterocycles. The highest BCUT2D eigenvalue weighted by molar-refractivity contribution is 6.00. The minimum Gasteiger partial charge on any atom is -0.481 e. The summed E-state index contributed by atoms with van der Waals surface area (Å²) in [5.41, 5.74) is 5.96. The van der Waals surface area contributed by atoms with E-state index in [9.17, 15) is 9.59 Å². The largest absolute Gasteiger partial charge is 0.481 e. The zero-order valence-corrected chi connectivity index (χ0v) is 12.8. The zero-order valence-electron chi connectivity index (χ0n) is 12.8. The molecule has 0 fully saturated rings. The van der Waals surface area contributed by atoms with E-state index in [-0.39, 0.29) is 12.3 Å². The Kier molecular flexibility index (Phi) is 4.02. The Morgan fingerprint density at radius 1 is 1.29 bits per heavy atom. The molecule has 2 rings (SSSR count). The number of carboxylic acid groups (broad SMARTS) is 1. The van der Waals surface area contributed by atoms with Gasteiger partial charge in [0, 0.05) is 22.7 Å². The number of rotatable bonds is 4. The van der Waals surface area contributed by atoms with Crippen LogP contribution < -0.4 is 5.32 Å². The third-order valence-electron chi connectivity index (χ3n) is 3.97. The van der Waals surface area contributed by atoms with Crippen molar-refractivity contribution < 1.29 is 14.7 Å². The lowest BCUT2D eigenvalue weighted by Gasteiger charge is -2.03. The fourth-order valence-electron chi connectivity index (χ4n) is 2.73. The van der Waals surface area contributed by atoms with Crippen LogP contribution in [0.4, 0.5) is 0 Å². The summed E-state index contributed by atoms with van der Waals surface area (Å²) in [5.74, 6) is -0.914. The average Bonchev–Trinajstić information content (AvgIpc) is 2.81. The molecule has 0 aromatic carbocycles. The van der Waals surface area contributed by atoms with Crippen LogP contribution in [0.2, 0.25) is 0 Å². The number of H-pyrrole nitrogens is 1. The summed E-state index contributed by atoms with van der Waals surface area (Å²) < 4.78 is 0. The molecular weight excluding hydrogens is 268 g/mol. The van der Waals surface area contributed by atoms with Crippen molar-refractivity contribution in [3.8, 4) is 0 Å². The van der Waals surface area contributed by atoms with Gasteiger partial charge in [0.2, 0.25) is 0 Å². The first-order chi connectivity index (χ1) is 9.85. The number of aromatic amines is 1. The lowest BCUT2D eigenvalue weighted by Crippen LogP contribution is -2.15. The standard InChI is InChI=1S/C16H20N2O3/c1-5-11-9(3)16(21)18-14(11)7-13-8(2)12(6-15(19)20)10(4)17-13/h7,17H,5-6H2,1-4H3,(H,18,21)(H,19,20)/b14-7-. The number of carbonyl (C=O) groups excluding carboxylic acids is 1. The first-order valence-corrected chi connectivity index (χ1v) is 6.98. The van der Waals surface area contributed by atoms with E-state index in [2.05, 4.69) is 10.3 Å². The van der Waals surface area contributed by atoms with Crippen molar-refractivity contribution in [1.82, 2.24) is 10.3 Å². The van der Waals surface area contributed by atoms with Crippen LogP contribution in [-0.2, 0) is 16.0 Å². The maximum Gasteiger partial charge on any atom is 0.307 e. The predicted octanol–water partition coefficient (Wildman–Crippen LogP) is 2.46. The predicted molar refractivity (Wildman–Crippen MR) is 80.7 cm³/mol. The molecule has 0 spiro atoms. The van der Waals surface area contributed by atoms with E-state index >= 15 is 0 Å². The SMILES string of the molecule is CCC1=C(C)C(=O)N/C1=C\c1[nH]c(C)c(CC(=O)O)c1C. The smallest absolute Gasteiger partial charge is 0.307 e. The van der Waals surface area contributed by atoms with Crippen molar-refractivity contribution in [2.24, 2.45) is 0 Å². The lowest BCUT2D eigenvalue weighted by molar-refractivity contribution is -0.136. The van der Waals surface area contributed by atoms with E-state index in [1.54, 1.807) is 0 Å². The summed E-state index contributed by atoms with van der Waals surface area (Å²) in [6.45, 7) is 7.59. The molecule has 112 valence electrons. The molecule has 0 radical (unpaired) electrons. The Balaban J connectivity index is 2.43. The highest BCUT2D eigenvalue weighted by Gasteiger charge is 2.23. The van der Waals surface area contributed by atoms with Crippen LogP contribution in [0.25, 0.3) is 6.08 Å². The molecule has 1 aliphatic heterocycles. The van der Waals surface area contributed by atoms with Crippen molar-refractivity contribution >= 4 is 18.0 Å². The average molecular weight is 288 g/mol. The lowest BCUT2D eigenvalue weighted by atomic mass is 10.0. The van der Waals surface area contributed by atoms with Crippen LogP contribution in [-0.4, -0.2) is 22.0 Å². The van der Waals surface area contributed by atoms with Crippen LogP contribution in [0.5, 0.6) is 0 Å². The van der Waals surface area contributed by atoms with E-state index in [1.165, 1.54) is 0 Å². The quantitative estimate of drug-likeness (QED) is 0.796. The summed E-state index contributed by atoms with van der Waals surface area (Å²) in [6.07, 6.45) is 2.66. The summed E-state index contributed by atoms with van der Waals surface area (Å²) in [6, 6.07) is 0. The van der Waals surface area contributed by atoms with Crippen molar-refractivity contribution in [2.75, 3.05) is 0 Å². The molecule has 1 amide bonds. The topological polar surface area (TPSA) is 82.2 Å². The second-order valence-corrected chi connectivity index (χ2v) is 5.31. The molecule has 5 heteroatoms. The second kappa shape index (κ2) is 5.60. The summed E-state index contributed by atoms with van der Waals surface area (Å²) in [7, 11) is 0. The van der Waals surface area contributed by atoms with Gasteiger partial charge in [-0.1, -0.05) is 6.92 Å². The van der Waals surface area contributed by atoms with E-state index in [0.29, 0.717) is 0 Å². The number of aliphatic carboxylic acids is 1. The Morgan fingerprint density at radius 3 is 2.52 bits per heavy atom. The van der Waals surface area contributed by atoms with Gasteiger partial charge in [0.05, 0.1) is 6.42 Å². The number of amides is 1. The highest BCUT2D eigenvalue weighted by atomic mass is 16.4. The van der Waals surface area contributed by atoms with Gasteiger partial charge in [-0.2, -0.15) is 0 Å². The molecule has 0 saturated carbocycles. The Labute approximate surface area is 123 Å². The molecule has 0 bridgehead atoms. The van der Waals surface area contributed by atoms with Crippen LogP contribution >= 0.6 is 0 Å². The van der Waals surface area contributed by atoms with Crippen LogP contribution in [0.15, 0.2) is 16.8 Å². The molecule has 3 N–H and O–H groups in total. The highest BCUT2D eigenvalue weighted by Crippen LogP contribution is 2.27. The molecule has 21 heavy (non-hydrogen) atoms. The first-order valence-electron chi connectivity index (χ1n) is 6.98. The number of aromatic nitrogens is 1. The molecular formula is C16H20N2O3. The van der Waals surface area contributed by atoms with Gasteiger partial charge in [-0.05, 0) is 50.0 Å². The Morgan fingerprint density at radius 2 is 1.95 bits per heavy atom. The van der Waals surface area contributed by atoms with E-state index in [1.807, 2.05) is 33.8 Å². The van der Waals surface area contributed by atoms with Gasteiger partial charge in [-0.15, -0.1) is 0 Å². The molecule has 0 aliphatic carbocycles. The summed E-state index contributed by atoms with van der Waals surface area (Å²) in [4.78, 5) is 25.9. The molecule has 0 atom stereocenters. The van der Waals surface area contributed by atoms with Gasteiger partial charge in [0.15, 0.2) is 0 Å². The maximum atomic E-state index is 11.7. The Bertz CT molecular complexity index is 678. The molecule has 5 nitrogen and oxygen atoms in total. The first kappa shape index (κ1) is 15.1. The summed E-state index contributed by atoms with van der Waals surface area (Å²) in [5, 5.41) is 11.8. The zero-order chi connectivity index (χ0) is 15.7. The van der Waals surface area contributed by atoms with Gasteiger partial charge >= 0.3 is 5.97 Å². The number of carboxylic acids is 1.